The molecular weight excluding hydrogens is 466 g/mol. The number of ether oxygens (including phenoxy) is 1. The lowest BCUT2D eigenvalue weighted by Gasteiger charge is -2.34. The van der Waals surface area contributed by atoms with Gasteiger partial charge in [0.2, 0.25) is 0 Å². The van der Waals surface area contributed by atoms with Crippen LogP contribution in [-0.4, -0.2) is 51.5 Å². The van der Waals surface area contributed by atoms with Gasteiger partial charge in [-0.2, -0.15) is 0 Å². The highest BCUT2D eigenvalue weighted by Crippen LogP contribution is 2.32. The number of carbonyl (C=O) groups excluding carboxylic acids is 3. The van der Waals surface area contributed by atoms with Gasteiger partial charge in [-0.3, -0.25) is 9.59 Å². The number of aliphatic hydroxyl groups is 2. The molecule has 1 aromatic heterocycles. The van der Waals surface area contributed by atoms with Crippen molar-refractivity contribution in [3.63, 3.8) is 0 Å². The molecule has 1 unspecified atom stereocenters. The molecule has 6 atom stereocenters. The number of aryl methyl sites for hydroxylation is 1. The van der Waals surface area contributed by atoms with E-state index in [2.05, 4.69) is 4.98 Å². The molecule has 2 N–H and O–H groups in total. The first-order valence-electron chi connectivity index (χ1n) is 12.2. The van der Waals surface area contributed by atoms with Crippen LogP contribution in [0.2, 0.25) is 0 Å². The number of thiazole rings is 1. The molecule has 0 aliphatic carbocycles. The molecule has 0 aromatic carbocycles. The fourth-order valence-corrected chi connectivity index (χ4v) is 4.92. The maximum Gasteiger partial charge on any atom is 0.309 e. The number of Topliss-reactive ketones (excluding diaryl/α,β-unsaturated/α-hetero) is 1. The largest absolute Gasteiger partial charge is 0.453 e. The molecular formula is C27H39NO6S. The Kier molecular flexibility index (Phi) is 10.5. The van der Waals surface area contributed by atoms with Crippen molar-refractivity contribution in [1.82, 2.24) is 4.98 Å². The Labute approximate surface area is 212 Å². The number of aromatic nitrogens is 1. The van der Waals surface area contributed by atoms with Gasteiger partial charge in [0.15, 0.2) is 0 Å². The second kappa shape index (κ2) is 12.7. The van der Waals surface area contributed by atoms with Gasteiger partial charge < -0.3 is 19.7 Å². The molecule has 35 heavy (non-hydrogen) atoms. The SMILES string of the molecule is CC(=Cc1csc(C)n1)[C@@H]1C=CC(C=O)CCC[C@H](C)[C@H](O)[C@@H](C)C(=O)C(C)(C)[C@@H](O)CC(=O)O1. The highest BCUT2D eigenvalue weighted by Gasteiger charge is 2.42. The summed E-state index contributed by atoms with van der Waals surface area (Å²) in [7, 11) is 0. The molecule has 0 fully saturated rings. The predicted octanol–water partition coefficient (Wildman–Crippen LogP) is 4.30. The number of esters is 1. The Morgan fingerprint density at radius 1 is 1.20 bits per heavy atom. The van der Waals surface area contributed by atoms with Gasteiger partial charge in [-0.05, 0) is 50.3 Å². The number of aliphatic hydroxyl groups excluding tert-OH is 2. The van der Waals surface area contributed by atoms with Crippen molar-refractivity contribution in [2.75, 3.05) is 0 Å². The summed E-state index contributed by atoms with van der Waals surface area (Å²) in [5.74, 6) is -2.20. The first kappa shape index (κ1) is 29.1. The van der Waals surface area contributed by atoms with Crippen LogP contribution in [0.15, 0.2) is 23.1 Å². The van der Waals surface area contributed by atoms with E-state index in [0.29, 0.717) is 19.3 Å². The van der Waals surface area contributed by atoms with Crippen molar-refractivity contribution in [2.24, 2.45) is 23.2 Å². The average Bonchev–Trinajstić information content (AvgIpc) is 3.21. The minimum Gasteiger partial charge on any atom is -0.453 e. The summed E-state index contributed by atoms with van der Waals surface area (Å²) < 4.78 is 5.69. The van der Waals surface area contributed by atoms with E-state index in [1.165, 1.54) is 11.3 Å². The van der Waals surface area contributed by atoms with Gasteiger partial charge in [0.25, 0.3) is 0 Å². The number of ketones is 1. The summed E-state index contributed by atoms with van der Waals surface area (Å²) in [5.41, 5.74) is 0.232. The van der Waals surface area contributed by atoms with Crippen molar-refractivity contribution in [3.8, 4) is 0 Å². The van der Waals surface area contributed by atoms with Crippen LogP contribution in [0.5, 0.6) is 0 Å². The quantitative estimate of drug-likeness (QED) is 0.358. The van der Waals surface area contributed by atoms with E-state index >= 15 is 0 Å². The van der Waals surface area contributed by atoms with Gasteiger partial charge in [0.1, 0.15) is 18.2 Å². The zero-order valence-electron chi connectivity index (χ0n) is 21.6. The number of cyclic esters (lactones) is 1. The normalized spacial score (nSPS) is 31.7. The molecule has 0 spiro atoms. The first-order chi connectivity index (χ1) is 16.4. The number of aldehydes is 1. The maximum atomic E-state index is 13.2. The molecule has 0 saturated carbocycles. The van der Waals surface area contributed by atoms with Gasteiger partial charge in [-0.1, -0.05) is 40.2 Å². The number of hydrogen-bond acceptors (Lipinski definition) is 8. The third-order valence-corrected chi connectivity index (χ3v) is 7.75. The Balaban J connectivity index is 2.38. The lowest BCUT2D eigenvalue weighted by Crippen LogP contribution is -2.45. The summed E-state index contributed by atoms with van der Waals surface area (Å²) in [6.45, 7) is 10.4. The summed E-state index contributed by atoms with van der Waals surface area (Å²) in [5, 5.41) is 24.4. The molecule has 0 bridgehead atoms. The van der Waals surface area contributed by atoms with Crippen molar-refractivity contribution in [2.45, 2.75) is 85.5 Å². The number of rotatable bonds is 3. The van der Waals surface area contributed by atoms with Crippen LogP contribution >= 0.6 is 11.3 Å². The van der Waals surface area contributed by atoms with Crippen LogP contribution in [0.1, 0.15) is 71.0 Å². The minimum absolute atomic E-state index is 0.157. The summed E-state index contributed by atoms with van der Waals surface area (Å²) in [6, 6.07) is 0. The molecule has 194 valence electrons. The monoisotopic (exact) mass is 505 g/mol. The molecule has 2 rings (SSSR count). The summed E-state index contributed by atoms with van der Waals surface area (Å²) in [4.78, 5) is 42.1. The van der Waals surface area contributed by atoms with Crippen molar-refractivity contribution in [3.05, 3.63) is 33.8 Å². The molecule has 0 amide bonds. The zero-order valence-corrected chi connectivity index (χ0v) is 22.4. The number of nitrogens with zero attached hydrogens (tertiary/aromatic N) is 1. The van der Waals surface area contributed by atoms with Crippen LogP contribution < -0.4 is 0 Å². The van der Waals surface area contributed by atoms with Gasteiger partial charge in [0.05, 0.1) is 34.7 Å². The van der Waals surface area contributed by atoms with E-state index in [9.17, 15) is 24.6 Å². The molecule has 1 aliphatic heterocycles. The predicted molar refractivity (Wildman–Crippen MR) is 137 cm³/mol. The Morgan fingerprint density at radius 3 is 2.49 bits per heavy atom. The molecule has 1 aliphatic rings. The van der Waals surface area contributed by atoms with Crippen LogP contribution in [-0.2, 0) is 19.1 Å². The highest BCUT2D eigenvalue weighted by atomic mass is 32.1. The second-order valence-electron chi connectivity index (χ2n) is 10.3. The summed E-state index contributed by atoms with van der Waals surface area (Å²) in [6.07, 6.45) is 4.77. The van der Waals surface area contributed by atoms with E-state index < -0.39 is 35.6 Å². The third-order valence-electron chi connectivity index (χ3n) is 6.96. The fraction of sp³-hybridized carbons (Fsp3) is 0.630. The first-order valence-corrected chi connectivity index (χ1v) is 13.1. The van der Waals surface area contributed by atoms with Gasteiger partial charge in [-0.15, -0.1) is 11.3 Å². The van der Waals surface area contributed by atoms with Crippen molar-refractivity contribution < 1.29 is 29.3 Å². The van der Waals surface area contributed by atoms with Crippen LogP contribution in [0.4, 0.5) is 0 Å². The lowest BCUT2D eigenvalue weighted by molar-refractivity contribution is -0.152. The molecule has 1 aromatic rings. The molecule has 7 nitrogen and oxygen atoms in total. The molecule has 0 saturated heterocycles. The highest BCUT2D eigenvalue weighted by molar-refractivity contribution is 7.09. The minimum atomic E-state index is -1.28. The standard InChI is InChI=1S/C27H39NO6S/c1-16-8-7-9-20(14-29)10-11-22(17(2)12-21-15-35-19(4)28-21)34-24(31)13-23(30)27(5,6)26(33)18(3)25(16)32/h10-12,14-16,18,20,22-23,25,30,32H,7-9,13H2,1-6H3/t16-,18+,20?,22-,23-,25-/m0/s1. The van der Waals surface area contributed by atoms with E-state index in [4.69, 9.17) is 4.74 Å². The summed E-state index contributed by atoms with van der Waals surface area (Å²) >= 11 is 1.51. The topological polar surface area (TPSA) is 114 Å². The number of carbonyl (C=O) groups is 3. The molecule has 2 heterocycles. The van der Waals surface area contributed by atoms with E-state index in [0.717, 1.165) is 22.6 Å². The molecule has 8 heteroatoms. The fourth-order valence-electron chi connectivity index (χ4n) is 4.35. The average molecular weight is 506 g/mol. The second-order valence-corrected chi connectivity index (χ2v) is 11.3. The Bertz CT molecular complexity index is 949. The van der Waals surface area contributed by atoms with Gasteiger partial charge in [0, 0.05) is 17.2 Å². The van der Waals surface area contributed by atoms with E-state index in [-0.39, 0.29) is 24.0 Å². The number of hydrogen-bond donors (Lipinski definition) is 2. The van der Waals surface area contributed by atoms with Crippen LogP contribution in [0, 0.1) is 30.1 Å². The van der Waals surface area contributed by atoms with Crippen molar-refractivity contribution >= 4 is 35.5 Å². The Hall–Kier alpha value is -2.16. The Morgan fingerprint density at radius 2 is 1.89 bits per heavy atom. The van der Waals surface area contributed by atoms with Gasteiger partial charge >= 0.3 is 5.97 Å². The van der Waals surface area contributed by atoms with Crippen molar-refractivity contribution in [1.29, 1.82) is 0 Å². The maximum absolute atomic E-state index is 13.2. The van der Waals surface area contributed by atoms with E-state index in [1.54, 1.807) is 32.9 Å². The van der Waals surface area contributed by atoms with E-state index in [1.807, 2.05) is 32.2 Å². The third kappa shape index (κ3) is 7.92. The lowest BCUT2D eigenvalue weighted by atomic mass is 9.73. The number of allylic oxidation sites excluding steroid dienone is 1. The zero-order chi connectivity index (χ0) is 26.3. The smallest absolute Gasteiger partial charge is 0.309 e. The molecule has 0 radical (unpaired) electrons. The van der Waals surface area contributed by atoms with Crippen LogP contribution in [0.25, 0.3) is 6.08 Å². The van der Waals surface area contributed by atoms with Crippen LogP contribution in [0.3, 0.4) is 0 Å². The van der Waals surface area contributed by atoms with Gasteiger partial charge in [-0.25, -0.2) is 4.98 Å².